The summed E-state index contributed by atoms with van der Waals surface area (Å²) in [5, 5.41) is 10.1. The molecule has 3 fully saturated rings. The molecule has 0 heterocycles. The molecule has 1 heteroatoms. The summed E-state index contributed by atoms with van der Waals surface area (Å²) in [6.07, 6.45) is 15.9. The fourth-order valence-corrected chi connectivity index (χ4v) is 7.73. The molecule has 0 aliphatic heterocycles. The van der Waals surface area contributed by atoms with Crippen LogP contribution >= 0.6 is 0 Å². The molecule has 0 amide bonds. The molecule has 3 saturated carbocycles. The standard InChI is InChI=1S/C21H34O/c1-17-10-12-20(4)19(3)8-5-7-18(2,15-22)16(19)6-9-21(20,14-17)13-11-17/h11,13,16,22H,5-10,12,14-15H2,1-4H3/t16-,17-,18+,19-,20+,21+/m1/s1. The highest BCUT2D eigenvalue weighted by Crippen LogP contribution is 2.77. The third-order valence-corrected chi connectivity index (χ3v) is 9.37. The highest BCUT2D eigenvalue weighted by molar-refractivity contribution is 5.29. The molecular formula is C21H34O. The molecule has 4 rings (SSSR count). The van der Waals surface area contributed by atoms with Gasteiger partial charge in [-0.15, -0.1) is 0 Å². The van der Waals surface area contributed by atoms with Crippen LogP contribution in [0.25, 0.3) is 0 Å². The van der Waals surface area contributed by atoms with E-state index in [0.717, 1.165) is 0 Å². The van der Waals surface area contributed by atoms with Crippen LogP contribution in [0.2, 0.25) is 0 Å². The van der Waals surface area contributed by atoms with Crippen LogP contribution in [0.4, 0.5) is 0 Å². The summed E-state index contributed by atoms with van der Waals surface area (Å²) < 4.78 is 0. The van der Waals surface area contributed by atoms with Gasteiger partial charge in [0, 0.05) is 6.61 Å². The second-order valence-corrected chi connectivity index (χ2v) is 10.3. The van der Waals surface area contributed by atoms with E-state index in [1.54, 1.807) is 0 Å². The van der Waals surface area contributed by atoms with Crippen molar-refractivity contribution in [2.75, 3.05) is 6.61 Å². The van der Waals surface area contributed by atoms with Gasteiger partial charge in [-0.25, -0.2) is 0 Å². The van der Waals surface area contributed by atoms with Crippen LogP contribution in [0, 0.1) is 33.0 Å². The van der Waals surface area contributed by atoms with Crippen LogP contribution < -0.4 is 0 Å². The van der Waals surface area contributed by atoms with Crippen molar-refractivity contribution in [1.29, 1.82) is 0 Å². The minimum Gasteiger partial charge on any atom is -0.396 e. The molecule has 0 unspecified atom stereocenters. The predicted octanol–water partition coefficient (Wildman–Crippen LogP) is 5.34. The molecule has 2 bridgehead atoms. The van der Waals surface area contributed by atoms with Crippen LogP contribution in [0.5, 0.6) is 0 Å². The summed E-state index contributed by atoms with van der Waals surface area (Å²) in [4.78, 5) is 0. The number of fused-ring (bicyclic) bond motifs is 3. The normalized spacial score (nSPS) is 60.0. The average Bonchev–Trinajstić information content (AvgIpc) is 2.77. The van der Waals surface area contributed by atoms with E-state index >= 15 is 0 Å². The first kappa shape index (κ1) is 15.2. The maximum absolute atomic E-state index is 10.1. The Hall–Kier alpha value is -0.300. The SMILES string of the molecule is C[C@]12C=C[C@@]3(CC[C@@H]4[C@](C)(CO)CCC[C@@]4(C)[C@]3(C)CC1)C2. The molecule has 0 aromatic rings. The van der Waals surface area contributed by atoms with Gasteiger partial charge in [-0.2, -0.15) is 0 Å². The number of hydrogen-bond donors (Lipinski definition) is 1. The highest BCUT2D eigenvalue weighted by Gasteiger charge is 2.69. The van der Waals surface area contributed by atoms with Crippen molar-refractivity contribution in [2.45, 2.75) is 79.1 Å². The van der Waals surface area contributed by atoms with E-state index in [-0.39, 0.29) is 5.41 Å². The molecule has 22 heavy (non-hydrogen) atoms. The van der Waals surface area contributed by atoms with Gasteiger partial charge in [0.2, 0.25) is 0 Å². The van der Waals surface area contributed by atoms with Gasteiger partial charge in [-0.3, -0.25) is 0 Å². The quantitative estimate of drug-likeness (QED) is 0.648. The van der Waals surface area contributed by atoms with Gasteiger partial charge >= 0.3 is 0 Å². The van der Waals surface area contributed by atoms with Gasteiger partial charge in [0.05, 0.1) is 0 Å². The van der Waals surface area contributed by atoms with Crippen molar-refractivity contribution < 1.29 is 5.11 Å². The van der Waals surface area contributed by atoms with Gasteiger partial charge in [-0.1, -0.05) is 46.3 Å². The van der Waals surface area contributed by atoms with Gasteiger partial charge < -0.3 is 5.11 Å². The number of rotatable bonds is 1. The summed E-state index contributed by atoms with van der Waals surface area (Å²) in [6.45, 7) is 10.4. The van der Waals surface area contributed by atoms with Crippen molar-refractivity contribution in [3.8, 4) is 0 Å². The van der Waals surface area contributed by atoms with E-state index in [2.05, 4.69) is 39.8 Å². The first-order valence-electron chi connectivity index (χ1n) is 9.54. The Labute approximate surface area is 136 Å². The number of aliphatic hydroxyl groups is 1. The van der Waals surface area contributed by atoms with Crippen LogP contribution in [-0.2, 0) is 0 Å². The van der Waals surface area contributed by atoms with E-state index < -0.39 is 0 Å². The Morgan fingerprint density at radius 2 is 1.73 bits per heavy atom. The lowest BCUT2D eigenvalue weighted by atomic mass is 9.34. The number of allylic oxidation sites excluding steroid dienone is 2. The number of hydrogen-bond acceptors (Lipinski definition) is 1. The first-order chi connectivity index (χ1) is 10.2. The smallest absolute Gasteiger partial charge is 0.0487 e. The Kier molecular flexibility index (Phi) is 2.91. The zero-order chi connectivity index (χ0) is 15.9. The Morgan fingerprint density at radius 1 is 0.955 bits per heavy atom. The molecule has 1 nitrogen and oxygen atoms in total. The Morgan fingerprint density at radius 3 is 2.45 bits per heavy atom. The molecule has 6 atom stereocenters. The maximum Gasteiger partial charge on any atom is 0.0487 e. The van der Waals surface area contributed by atoms with Crippen molar-refractivity contribution in [1.82, 2.24) is 0 Å². The molecule has 124 valence electrons. The molecule has 0 radical (unpaired) electrons. The monoisotopic (exact) mass is 302 g/mol. The summed E-state index contributed by atoms with van der Waals surface area (Å²) in [6, 6.07) is 0. The third-order valence-electron chi connectivity index (χ3n) is 9.37. The minimum atomic E-state index is 0.153. The lowest BCUT2D eigenvalue weighted by molar-refractivity contribution is -0.208. The second kappa shape index (κ2) is 4.21. The van der Waals surface area contributed by atoms with E-state index in [1.165, 1.54) is 51.4 Å². The second-order valence-electron chi connectivity index (χ2n) is 10.3. The minimum absolute atomic E-state index is 0.153. The number of aliphatic hydroxyl groups excluding tert-OH is 1. The molecule has 0 aromatic carbocycles. The van der Waals surface area contributed by atoms with E-state index in [9.17, 15) is 5.11 Å². The topological polar surface area (TPSA) is 20.2 Å². The molecule has 1 spiro atoms. The summed E-state index contributed by atoms with van der Waals surface area (Å²) in [5.41, 5.74) is 1.89. The zero-order valence-corrected chi connectivity index (χ0v) is 15.0. The lowest BCUT2D eigenvalue weighted by Gasteiger charge is -2.70. The van der Waals surface area contributed by atoms with Crippen molar-refractivity contribution in [3.63, 3.8) is 0 Å². The molecule has 0 saturated heterocycles. The van der Waals surface area contributed by atoms with Gasteiger partial charge in [0.15, 0.2) is 0 Å². The largest absolute Gasteiger partial charge is 0.396 e. The van der Waals surface area contributed by atoms with E-state index in [0.29, 0.717) is 34.2 Å². The molecule has 4 aliphatic rings. The summed E-state index contributed by atoms with van der Waals surface area (Å²) >= 11 is 0. The molecular weight excluding hydrogens is 268 g/mol. The Bertz CT molecular complexity index is 524. The van der Waals surface area contributed by atoms with Gasteiger partial charge in [0.25, 0.3) is 0 Å². The lowest BCUT2D eigenvalue weighted by Crippen LogP contribution is -2.63. The summed E-state index contributed by atoms with van der Waals surface area (Å²) in [7, 11) is 0. The van der Waals surface area contributed by atoms with Gasteiger partial charge in [0.1, 0.15) is 0 Å². The Balaban J connectivity index is 1.81. The van der Waals surface area contributed by atoms with Crippen molar-refractivity contribution in [3.05, 3.63) is 12.2 Å². The average molecular weight is 303 g/mol. The van der Waals surface area contributed by atoms with Crippen LogP contribution in [0.3, 0.4) is 0 Å². The molecule has 1 N–H and O–H groups in total. The highest BCUT2D eigenvalue weighted by atomic mass is 16.3. The van der Waals surface area contributed by atoms with Crippen LogP contribution in [0.1, 0.15) is 79.1 Å². The first-order valence-corrected chi connectivity index (χ1v) is 9.54. The van der Waals surface area contributed by atoms with Crippen LogP contribution in [0.15, 0.2) is 12.2 Å². The van der Waals surface area contributed by atoms with Crippen molar-refractivity contribution >= 4 is 0 Å². The van der Waals surface area contributed by atoms with E-state index in [4.69, 9.17) is 0 Å². The zero-order valence-electron chi connectivity index (χ0n) is 15.0. The van der Waals surface area contributed by atoms with Crippen molar-refractivity contribution in [2.24, 2.45) is 33.0 Å². The predicted molar refractivity (Wildman–Crippen MR) is 91.5 cm³/mol. The fraction of sp³-hybridized carbons (Fsp3) is 0.905. The van der Waals surface area contributed by atoms with Gasteiger partial charge in [-0.05, 0) is 77.9 Å². The molecule has 4 aliphatic carbocycles. The van der Waals surface area contributed by atoms with E-state index in [1.807, 2.05) is 0 Å². The maximum atomic E-state index is 10.1. The third kappa shape index (κ3) is 1.55. The van der Waals surface area contributed by atoms with Crippen LogP contribution in [-0.4, -0.2) is 11.7 Å². The fourth-order valence-electron chi connectivity index (χ4n) is 7.73. The summed E-state index contributed by atoms with van der Waals surface area (Å²) in [5.74, 6) is 0.702. The molecule has 0 aromatic heterocycles.